The molecule has 0 radical (unpaired) electrons. The number of nitrogens with zero attached hydrogens (tertiary/aromatic N) is 1. The Morgan fingerprint density at radius 2 is 2.25 bits per heavy atom. The van der Waals surface area contributed by atoms with E-state index in [1.165, 1.54) is 6.07 Å². The molecule has 0 aliphatic heterocycles. The van der Waals surface area contributed by atoms with Gasteiger partial charge in [0.2, 0.25) is 0 Å². The molecule has 0 unspecified atom stereocenters. The van der Waals surface area contributed by atoms with Crippen LogP contribution in [0.5, 0.6) is 0 Å². The van der Waals surface area contributed by atoms with E-state index in [4.69, 9.17) is 5.73 Å². The van der Waals surface area contributed by atoms with Crippen LogP contribution in [-0.2, 0) is 6.54 Å². The number of benzene rings is 1. The van der Waals surface area contributed by atoms with E-state index in [2.05, 4.69) is 26.2 Å². The van der Waals surface area contributed by atoms with Crippen LogP contribution in [0.25, 0.3) is 10.9 Å². The highest BCUT2D eigenvalue weighted by molar-refractivity contribution is 9.10. The molecule has 3 aromatic rings. The molecule has 0 atom stereocenters. The maximum Gasteiger partial charge on any atom is 0.150 e. The maximum atomic E-state index is 14.1. The van der Waals surface area contributed by atoms with Crippen molar-refractivity contribution in [3.63, 3.8) is 0 Å². The molecule has 0 spiro atoms. The largest absolute Gasteiger partial charge is 0.398 e. The van der Waals surface area contributed by atoms with E-state index in [-0.39, 0.29) is 5.82 Å². The molecule has 0 amide bonds. The summed E-state index contributed by atoms with van der Waals surface area (Å²) in [5, 5.41) is 5.85. The minimum Gasteiger partial charge on any atom is -0.398 e. The quantitative estimate of drug-likeness (QED) is 0.688. The number of anilines is 2. The summed E-state index contributed by atoms with van der Waals surface area (Å²) < 4.78 is 15.1. The number of nitrogen functional groups attached to an aromatic ring is 1. The zero-order chi connectivity index (χ0) is 14.1. The molecule has 20 heavy (non-hydrogen) atoms. The standard InChI is InChI=1S/C14H11BrFN3S/c15-9-3-5-20-12(9)7-19-14-10(16)6-11(17)8-2-1-4-18-13(8)14/h1-6,19H,7,17H2. The van der Waals surface area contributed by atoms with E-state index in [0.29, 0.717) is 23.4 Å². The second-order valence-electron chi connectivity index (χ2n) is 4.27. The van der Waals surface area contributed by atoms with Gasteiger partial charge in [-0.3, -0.25) is 4.98 Å². The first-order valence-corrected chi connectivity index (χ1v) is 7.62. The molecular formula is C14H11BrFN3S. The Morgan fingerprint density at radius 1 is 1.40 bits per heavy atom. The fourth-order valence-corrected chi connectivity index (χ4v) is 3.46. The van der Waals surface area contributed by atoms with Gasteiger partial charge in [0.25, 0.3) is 0 Å². The molecule has 102 valence electrons. The number of hydrogen-bond donors (Lipinski definition) is 2. The fourth-order valence-electron chi connectivity index (χ4n) is 2.03. The maximum absolute atomic E-state index is 14.1. The monoisotopic (exact) mass is 351 g/mol. The lowest BCUT2D eigenvalue weighted by molar-refractivity contribution is 0.632. The predicted octanol–water partition coefficient (Wildman–Crippen LogP) is 4.39. The number of hydrogen-bond acceptors (Lipinski definition) is 4. The lowest BCUT2D eigenvalue weighted by Gasteiger charge is -2.11. The molecule has 1 aromatic carbocycles. The van der Waals surface area contributed by atoms with E-state index in [1.807, 2.05) is 17.5 Å². The number of fused-ring (bicyclic) bond motifs is 1. The molecule has 3 nitrogen and oxygen atoms in total. The number of halogens is 2. The molecule has 0 aliphatic rings. The van der Waals surface area contributed by atoms with E-state index in [1.54, 1.807) is 23.6 Å². The van der Waals surface area contributed by atoms with Crippen molar-refractivity contribution in [2.24, 2.45) is 0 Å². The molecular weight excluding hydrogens is 341 g/mol. The first-order valence-electron chi connectivity index (χ1n) is 5.95. The van der Waals surface area contributed by atoms with Crippen molar-refractivity contribution in [2.45, 2.75) is 6.54 Å². The van der Waals surface area contributed by atoms with Gasteiger partial charge < -0.3 is 11.1 Å². The summed E-state index contributed by atoms with van der Waals surface area (Å²) in [4.78, 5) is 5.34. The zero-order valence-electron chi connectivity index (χ0n) is 10.4. The molecule has 0 aliphatic carbocycles. The van der Waals surface area contributed by atoms with E-state index in [9.17, 15) is 4.39 Å². The van der Waals surface area contributed by atoms with Crippen molar-refractivity contribution in [3.8, 4) is 0 Å². The summed E-state index contributed by atoms with van der Waals surface area (Å²) in [5.41, 5.74) is 7.16. The molecule has 2 heterocycles. The van der Waals surface area contributed by atoms with Crippen molar-refractivity contribution in [1.82, 2.24) is 4.98 Å². The predicted molar refractivity (Wildman–Crippen MR) is 85.5 cm³/mol. The van der Waals surface area contributed by atoms with Crippen LogP contribution in [0.3, 0.4) is 0 Å². The lowest BCUT2D eigenvalue weighted by Crippen LogP contribution is -2.03. The number of pyridine rings is 1. The Labute approximate surface area is 127 Å². The van der Waals surface area contributed by atoms with Crippen molar-refractivity contribution in [2.75, 3.05) is 11.1 Å². The van der Waals surface area contributed by atoms with Gasteiger partial charge in [0.05, 0.1) is 17.7 Å². The van der Waals surface area contributed by atoms with Crippen LogP contribution in [-0.4, -0.2) is 4.98 Å². The Bertz CT molecular complexity index is 772. The fraction of sp³-hybridized carbons (Fsp3) is 0.0714. The molecule has 0 fully saturated rings. The average Bonchev–Trinajstić information content (AvgIpc) is 2.84. The van der Waals surface area contributed by atoms with E-state index >= 15 is 0 Å². The highest BCUT2D eigenvalue weighted by Gasteiger charge is 2.12. The Hall–Kier alpha value is -1.66. The Balaban J connectivity index is 2.01. The number of aromatic nitrogens is 1. The van der Waals surface area contributed by atoms with Crippen molar-refractivity contribution in [1.29, 1.82) is 0 Å². The van der Waals surface area contributed by atoms with Gasteiger partial charge in [-0.1, -0.05) is 0 Å². The molecule has 0 bridgehead atoms. The number of rotatable bonds is 3. The minimum absolute atomic E-state index is 0.384. The van der Waals surface area contributed by atoms with E-state index in [0.717, 1.165) is 14.7 Å². The van der Waals surface area contributed by atoms with Gasteiger partial charge in [0.15, 0.2) is 5.82 Å². The topological polar surface area (TPSA) is 50.9 Å². The number of nitrogens with two attached hydrogens (primary N) is 1. The van der Waals surface area contributed by atoms with Crippen LogP contribution in [0.2, 0.25) is 0 Å². The normalized spacial score (nSPS) is 10.9. The third kappa shape index (κ3) is 2.36. The second kappa shape index (κ2) is 5.38. The summed E-state index contributed by atoms with van der Waals surface area (Å²) in [6, 6.07) is 6.92. The third-order valence-electron chi connectivity index (χ3n) is 2.99. The first-order chi connectivity index (χ1) is 9.66. The number of thiophene rings is 1. The van der Waals surface area contributed by atoms with Crippen molar-refractivity contribution in [3.05, 3.63) is 51.0 Å². The third-order valence-corrected chi connectivity index (χ3v) is 4.92. The van der Waals surface area contributed by atoms with Crippen molar-refractivity contribution < 1.29 is 4.39 Å². The summed E-state index contributed by atoms with van der Waals surface area (Å²) in [6.07, 6.45) is 1.63. The molecule has 2 aromatic heterocycles. The lowest BCUT2D eigenvalue weighted by atomic mass is 10.1. The van der Waals surface area contributed by atoms with Gasteiger partial charge in [-0.2, -0.15) is 0 Å². The van der Waals surface area contributed by atoms with Crippen LogP contribution in [0, 0.1) is 5.82 Å². The molecule has 3 N–H and O–H groups in total. The average molecular weight is 352 g/mol. The van der Waals surface area contributed by atoms with Crippen LogP contribution in [0.15, 0.2) is 40.3 Å². The van der Waals surface area contributed by atoms with Gasteiger partial charge >= 0.3 is 0 Å². The highest BCUT2D eigenvalue weighted by Crippen LogP contribution is 2.31. The second-order valence-corrected chi connectivity index (χ2v) is 6.12. The Morgan fingerprint density at radius 3 is 3.00 bits per heavy atom. The Kier molecular flexibility index (Phi) is 3.58. The van der Waals surface area contributed by atoms with Crippen LogP contribution in [0.1, 0.15) is 4.88 Å². The van der Waals surface area contributed by atoms with Gasteiger partial charge in [0.1, 0.15) is 0 Å². The number of nitrogens with one attached hydrogen (secondary N) is 1. The van der Waals surface area contributed by atoms with Crippen molar-refractivity contribution >= 4 is 49.5 Å². The summed E-state index contributed by atoms with van der Waals surface area (Å²) >= 11 is 5.07. The SMILES string of the molecule is Nc1cc(F)c(NCc2sccc2Br)c2ncccc12. The van der Waals surface area contributed by atoms with Crippen LogP contribution < -0.4 is 11.1 Å². The zero-order valence-corrected chi connectivity index (χ0v) is 12.8. The molecule has 0 saturated carbocycles. The molecule has 3 rings (SSSR count). The van der Waals surface area contributed by atoms with Crippen LogP contribution in [0.4, 0.5) is 15.8 Å². The van der Waals surface area contributed by atoms with Gasteiger partial charge in [0, 0.05) is 26.6 Å². The smallest absolute Gasteiger partial charge is 0.150 e. The van der Waals surface area contributed by atoms with Gasteiger partial charge in [-0.15, -0.1) is 11.3 Å². The highest BCUT2D eigenvalue weighted by atomic mass is 79.9. The summed E-state index contributed by atoms with van der Waals surface area (Å²) in [7, 11) is 0. The van der Waals surface area contributed by atoms with Gasteiger partial charge in [-0.25, -0.2) is 4.39 Å². The summed E-state index contributed by atoms with van der Waals surface area (Å²) in [6.45, 7) is 0.533. The summed E-state index contributed by atoms with van der Waals surface area (Å²) in [5.74, 6) is -0.388. The van der Waals surface area contributed by atoms with Crippen LogP contribution >= 0.6 is 27.3 Å². The van der Waals surface area contributed by atoms with Gasteiger partial charge in [-0.05, 0) is 45.6 Å². The van der Waals surface area contributed by atoms with E-state index < -0.39 is 0 Å². The minimum atomic E-state index is -0.388. The first kappa shape index (κ1) is 13.3. The molecule has 0 saturated heterocycles. The molecule has 6 heteroatoms.